The summed E-state index contributed by atoms with van der Waals surface area (Å²) >= 11 is 0. The van der Waals surface area contributed by atoms with Gasteiger partial charge in [-0.25, -0.2) is 4.99 Å². The van der Waals surface area contributed by atoms with Crippen LogP contribution in [-0.4, -0.2) is 30.8 Å². The number of methoxy groups -OCH3 is 1. The molecule has 0 bridgehead atoms. The van der Waals surface area contributed by atoms with E-state index in [1.807, 2.05) is 24.3 Å². The molecule has 1 fully saturated rings. The summed E-state index contributed by atoms with van der Waals surface area (Å²) in [5, 5.41) is 15.6. The number of hydrogen-bond donors (Lipinski definition) is 2. The minimum atomic E-state index is -0.421. The monoisotopic (exact) mass is 428 g/mol. The summed E-state index contributed by atoms with van der Waals surface area (Å²) < 4.78 is 5.13. The van der Waals surface area contributed by atoms with Crippen LogP contribution in [0.15, 0.2) is 59.1 Å². The zero-order valence-electron chi connectivity index (χ0n) is 17.9. The van der Waals surface area contributed by atoms with E-state index >= 15 is 0 Å². The van der Waals surface area contributed by atoms with Crippen LogP contribution in [0.3, 0.4) is 0 Å². The molecule has 0 unspecified atom stereocenters. The molecule has 1 aliphatic carbocycles. The number of nitrogens with zero attached hydrogens (tertiary/aromatic N) is 2. The number of benzene rings is 2. The number of carbonyl (C=O) groups is 2. The maximum Gasteiger partial charge on any atom is 0.264 e. The molecule has 1 saturated carbocycles. The molecule has 2 aromatic rings. The lowest BCUT2D eigenvalue weighted by atomic mass is 9.95. The first-order valence-corrected chi connectivity index (χ1v) is 10.7. The largest absolute Gasteiger partial charge is 0.497 e. The van der Waals surface area contributed by atoms with Gasteiger partial charge in [0.1, 0.15) is 23.2 Å². The Labute approximate surface area is 186 Å². The van der Waals surface area contributed by atoms with Crippen molar-refractivity contribution in [3.05, 3.63) is 70.8 Å². The van der Waals surface area contributed by atoms with Crippen LogP contribution in [-0.2, 0) is 4.79 Å². The number of amidine groups is 1. The van der Waals surface area contributed by atoms with Crippen LogP contribution in [0.5, 0.6) is 5.75 Å². The third-order valence-corrected chi connectivity index (χ3v) is 5.76. The summed E-state index contributed by atoms with van der Waals surface area (Å²) in [6, 6.07) is 16.1. The first kappa shape index (κ1) is 21.3. The summed E-state index contributed by atoms with van der Waals surface area (Å²) in [5.74, 6) is 0.205. The molecular formula is C25H24N4O3. The number of carbonyl (C=O) groups excluding carboxylic acids is 2. The van der Waals surface area contributed by atoms with E-state index in [9.17, 15) is 14.9 Å². The van der Waals surface area contributed by atoms with Crippen molar-refractivity contribution in [2.24, 2.45) is 4.99 Å². The van der Waals surface area contributed by atoms with Gasteiger partial charge >= 0.3 is 0 Å². The SMILES string of the molecule is COc1ccc(C(=O)NC2=N/C(=C(/C#N)C(=O)NC3CCCCC3)c3ccccc32)cc1. The van der Waals surface area contributed by atoms with Crippen molar-refractivity contribution in [2.75, 3.05) is 7.11 Å². The summed E-state index contributed by atoms with van der Waals surface area (Å²) in [4.78, 5) is 30.1. The second-order valence-corrected chi connectivity index (χ2v) is 7.83. The van der Waals surface area contributed by atoms with E-state index in [1.165, 1.54) is 6.42 Å². The number of rotatable bonds is 4. The molecule has 2 aliphatic rings. The van der Waals surface area contributed by atoms with Gasteiger partial charge < -0.3 is 15.4 Å². The van der Waals surface area contributed by atoms with Gasteiger partial charge in [0.25, 0.3) is 11.8 Å². The van der Waals surface area contributed by atoms with Crippen LogP contribution in [0.1, 0.15) is 53.6 Å². The number of hydrogen-bond acceptors (Lipinski definition) is 5. The second-order valence-electron chi connectivity index (χ2n) is 7.83. The molecule has 2 amide bonds. The van der Waals surface area contributed by atoms with E-state index in [-0.39, 0.29) is 23.2 Å². The highest BCUT2D eigenvalue weighted by molar-refractivity contribution is 6.20. The number of nitrogens with one attached hydrogen (secondary N) is 2. The van der Waals surface area contributed by atoms with Crippen LogP contribution >= 0.6 is 0 Å². The van der Waals surface area contributed by atoms with E-state index < -0.39 is 5.91 Å². The fourth-order valence-electron chi connectivity index (χ4n) is 4.05. The molecule has 0 aromatic heterocycles. The third-order valence-electron chi connectivity index (χ3n) is 5.76. The number of aliphatic imine (C=N–C) groups is 1. The van der Waals surface area contributed by atoms with Crippen molar-refractivity contribution in [3.63, 3.8) is 0 Å². The number of ether oxygens (including phenoxy) is 1. The van der Waals surface area contributed by atoms with Gasteiger partial charge in [0, 0.05) is 22.7 Å². The van der Waals surface area contributed by atoms with E-state index in [0.717, 1.165) is 25.7 Å². The molecule has 7 heteroatoms. The minimum Gasteiger partial charge on any atom is -0.497 e. The Balaban J connectivity index is 1.62. The molecule has 0 radical (unpaired) electrons. The molecule has 0 spiro atoms. The first-order valence-electron chi connectivity index (χ1n) is 10.7. The van der Waals surface area contributed by atoms with Crippen molar-refractivity contribution in [1.82, 2.24) is 10.6 Å². The third kappa shape index (κ3) is 4.40. The Kier molecular flexibility index (Phi) is 6.31. The Morgan fingerprint density at radius 2 is 1.72 bits per heavy atom. The Morgan fingerprint density at radius 1 is 1.03 bits per heavy atom. The van der Waals surface area contributed by atoms with E-state index in [2.05, 4.69) is 15.6 Å². The Morgan fingerprint density at radius 3 is 2.38 bits per heavy atom. The smallest absolute Gasteiger partial charge is 0.264 e. The molecule has 2 aromatic carbocycles. The molecule has 7 nitrogen and oxygen atoms in total. The summed E-state index contributed by atoms with van der Waals surface area (Å²) in [6.07, 6.45) is 5.16. The minimum absolute atomic E-state index is 0.0447. The topological polar surface area (TPSA) is 104 Å². The maximum atomic E-state index is 12.9. The normalized spacial score (nSPS) is 16.9. The summed E-state index contributed by atoms with van der Waals surface area (Å²) in [7, 11) is 1.56. The van der Waals surface area contributed by atoms with Crippen LogP contribution in [0.2, 0.25) is 0 Å². The fourth-order valence-corrected chi connectivity index (χ4v) is 4.05. The highest BCUT2D eigenvalue weighted by atomic mass is 16.5. The van der Waals surface area contributed by atoms with Gasteiger partial charge in [-0.15, -0.1) is 0 Å². The Bertz CT molecular complexity index is 1140. The lowest BCUT2D eigenvalue weighted by molar-refractivity contribution is -0.117. The van der Waals surface area contributed by atoms with Gasteiger partial charge in [-0.2, -0.15) is 5.26 Å². The van der Waals surface area contributed by atoms with Crippen molar-refractivity contribution in [2.45, 2.75) is 38.1 Å². The summed E-state index contributed by atoms with van der Waals surface area (Å²) in [5.41, 5.74) is 1.99. The second kappa shape index (κ2) is 9.48. The molecule has 4 rings (SSSR count). The first-order chi connectivity index (χ1) is 15.6. The highest BCUT2D eigenvalue weighted by Crippen LogP contribution is 2.31. The molecule has 0 atom stereocenters. The lowest BCUT2D eigenvalue weighted by Crippen LogP contribution is -2.37. The van der Waals surface area contributed by atoms with Crippen LogP contribution < -0.4 is 15.4 Å². The number of fused-ring (bicyclic) bond motifs is 1. The van der Waals surface area contributed by atoms with Gasteiger partial charge in [-0.05, 0) is 37.1 Å². The average Bonchev–Trinajstić information content (AvgIpc) is 3.18. The van der Waals surface area contributed by atoms with Crippen molar-refractivity contribution in [1.29, 1.82) is 5.26 Å². The van der Waals surface area contributed by atoms with E-state index in [4.69, 9.17) is 4.74 Å². The van der Waals surface area contributed by atoms with Gasteiger partial charge in [-0.3, -0.25) is 9.59 Å². The molecule has 1 aliphatic heterocycles. The van der Waals surface area contributed by atoms with Gasteiger partial charge in [-0.1, -0.05) is 43.5 Å². The fraction of sp³-hybridized carbons (Fsp3) is 0.280. The molecule has 2 N–H and O–H groups in total. The lowest BCUT2D eigenvalue weighted by Gasteiger charge is -2.22. The van der Waals surface area contributed by atoms with Gasteiger partial charge in [0.05, 0.1) is 12.8 Å². The maximum absolute atomic E-state index is 12.9. The zero-order chi connectivity index (χ0) is 22.5. The van der Waals surface area contributed by atoms with Crippen LogP contribution in [0.25, 0.3) is 5.70 Å². The zero-order valence-corrected chi connectivity index (χ0v) is 17.9. The van der Waals surface area contributed by atoms with Crippen LogP contribution in [0, 0.1) is 11.3 Å². The molecule has 1 heterocycles. The standard InChI is InChI=1S/C25H24N4O3/c1-32-18-13-11-16(12-14-18)24(30)29-23-20-10-6-5-9-19(20)22(28-23)21(15-26)25(31)27-17-7-3-2-4-8-17/h5-6,9-14,17H,2-4,7-8H2,1H3,(H,27,31)(H,28,29,30)/b22-21-. The van der Waals surface area contributed by atoms with E-state index in [0.29, 0.717) is 28.3 Å². The predicted molar refractivity (Wildman–Crippen MR) is 121 cm³/mol. The van der Waals surface area contributed by atoms with Crippen LogP contribution in [0.4, 0.5) is 0 Å². The molecule has 32 heavy (non-hydrogen) atoms. The summed E-state index contributed by atoms with van der Waals surface area (Å²) in [6.45, 7) is 0. The van der Waals surface area contributed by atoms with Gasteiger partial charge in [0.15, 0.2) is 0 Å². The average molecular weight is 428 g/mol. The number of nitriles is 1. The number of amides is 2. The Hall–Kier alpha value is -3.92. The molecular weight excluding hydrogens is 404 g/mol. The predicted octanol–water partition coefficient (Wildman–Crippen LogP) is 3.57. The van der Waals surface area contributed by atoms with Crippen molar-refractivity contribution < 1.29 is 14.3 Å². The molecule has 0 saturated heterocycles. The van der Waals surface area contributed by atoms with E-state index in [1.54, 1.807) is 37.4 Å². The van der Waals surface area contributed by atoms with Gasteiger partial charge in [0.2, 0.25) is 0 Å². The quantitative estimate of drug-likeness (QED) is 0.574. The van der Waals surface area contributed by atoms with Crippen molar-refractivity contribution >= 4 is 23.3 Å². The van der Waals surface area contributed by atoms with Crippen molar-refractivity contribution in [3.8, 4) is 11.8 Å². The molecule has 162 valence electrons. The highest BCUT2D eigenvalue weighted by Gasteiger charge is 2.28.